The third kappa shape index (κ3) is 3.45. The van der Waals surface area contributed by atoms with Gasteiger partial charge in [0.05, 0.1) is 6.61 Å². The van der Waals surface area contributed by atoms with E-state index in [-0.39, 0.29) is 18.0 Å². The summed E-state index contributed by atoms with van der Waals surface area (Å²) in [5.74, 6) is 1.01. The lowest BCUT2D eigenvalue weighted by molar-refractivity contribution is -0.0435. The Balaban J connectivity index is 1.64. The Morgan fingerprint density at radius 3 is 2.67 bits per heavy atom. The van der Waals surface area contributed by atoms with Crippen molar-refractivity contribution in [3.05, 3.63) is 65.5 Å². The molecule has 0 bridgehead atoms. The second kappa shape index (κ2) is 6.91. The smallest absolute Gasteiger partial charge is 0.151 e. The fourth-order valence-electron chi connectivity index (χ4n) is 3.26. The van der Waals surface area contributed by atoms with E-state index in [2.05, 4.69) is 17.4 Å². The monoisotopic (exact) mass is 327 g/mol. The van der Waals surface area contributed by atoms with Gasteiger partial charge in [0.25, 0.3) is 0 Å². The summed E-state index contributed by atoms with van der Waals surface area (Å²) in [6, 6.07) is 15.0. The zero-order valence-corrected chi connectivity index (χ0v) is 13.6. The van der Waals surface area contributed by atoms with Gasteiger partial charge in [0.1, 0.15) is 17.7 Å². The van der Waals surface area contributed by atoms with Crippen LogP contribution in [-0.2, 0) is 4.74 Å². The fraction of sp³-hybridized carbons (Fsp3) is 0.400. The topological polar surface area (TPSA) is 30.5 Å². The molecule has 2 atom stereocenters. The largest absolute Gasteiger partial charge is 0.483 e. The van der Waals surface area contributed by atoms with E-state index in [4.69, 9.17) is 9.47 Å². The molecule has 2 aliphatic rings. The number of halogens is 1. The molecule has 1 saturated heterocycles. The average molecular weight is 327 g/mol. The lowest BCUT2D eigenvalue weighted by Gasteiger charge is -2.32. The first-order valence-corrected chi connectivity index (χ1v) is 8.64. The maximum atomic E-state index is 13.7. The lowest BCUT2D eigenvalue weighted by atomic mass is 10.0. The van der Waals surface area contributed by atoms with Gasteiger partial charge in [0.2, 0.25) is 0 Å². The molecule has 1 aliphatic carbocycles. The fourth-order valence-corrected chi connectivity index (χ4v) is 3.26. The molecule has 2 fully saturated rings. The number of rotatable bonds is 5. The average Bonchev–Trinajstić information content (AvgIpc) is 3.47. The van der Waals surface area contributed by atoms with Crippen molar-refractivity contribution >= 4 is 0 Å². The number of hydrogen-bond acceptors (Lipinski definition) is 3. The van der Waals surface area contributed by atoms with Crippen molar-refractivity contribution in [1.82, 2.24) is 5.32 Å². The van der Waals surface area contributed by atoms with Crippen LogP contribution >= 0.6 is 0 Å². The number of nitrogens with one attached hydrogen (secondary N) is 1. The first-order valence-electron chi connectivity index (χ1n) is 8.64. The maximum absolute atomic E-state index is 13.7. The molecule has 1 heterocycles. The Labute approximate surface area is 141 Å². The Bertz CT molecular complexity index is 681. The Morgan fingerprint density at radius 1 is 1.12 bits per heavy atom. The van der Waals surface area contributed by atoms with Crippen LogP contribution in [0.15, 0.2) is 48.5 Å². The quantitative estimate of drug-likeness (QED) is 0.906. The van der Waals surface area contributed by atoms with Gasteiger partial charge in [-0.2, -0.15) is 0 Å². The maximum Gasteiger partial charge on any atom is 0.151 e. The summed E-state index contributed by atoms with van der Waals surface area (Å²) in [4.78, 5) is 0. The van der Waals surface area contributed by atoms with Crippen LogP contribution in [-0.4, -0.2) is 25.8 Å². The van der Waals surface area contributed by atoms with Crippen molar-refractivity contribution in [2.45, 2.75) is 31.0 Å². The summed E-state index contributed by atoms with van der Waals surface area (Å²) >= 11 is 0. The highest BCUT2D eigenvalue weighted by Crippen LogP contribution is 2.45. The van der Waals surface area contributed by atoms with Crippen molar-refractivity contribution in [3.8, 4) is 5.75 Å². The highest BCUT2D eigenvalue weighted by molar-refractivity contribution is 5.40. The van der Waals surface area contributed by atoms with Gasteiger partial charge in [-0.15, -0.1) is 0 Å². The van der Waals surface area contributed by atoms with Crippen molar-refractivity contribution in [2.24, 2.45) is 0 Å². The van der Waals surface area contributed by atoms with Crippen molar-refractivity contribution < 1.29 is 13.9 Å². The second-order valence-corrected chi connectivity index (χ2v) is 6.52. The molecule has 0 aromatic heterocycles. The standard InChI is InChI=1S/C20H22FNO2/c21-16-8-9-18(17(12-16)14-6-7-14)24-20(15-4-2-1-3-5-15)19-13-22-10-11-23-19/h1-5,8-9,12,14,19-20,22H,6-7,10-11,13H2/t19-,20-/m0/s1. The summed E-state index contributed by atoms with van der Waals surface area (Å²) < 4.78 is 26.0. The van der Waals surface area contributed by atoms with Crippen LogP contribution < -0.4 is 10.1 Å². The molecular weight excluding hydrogens is 305 g/mol. The zero-order chi connectivity index (χ0) is 16.4. The Morgan fingerprint density at radius 2 is 1.96 bits per heavy atom. The van der Waals surface area contributed by atoms with Gasteiger partial charge in [0, 0.05) is 18.7 Å². The number of benzene rings is 2. The van der Waals surface area contributed by atoms with Crippen molar-refractivity contribution in [2.75, 3.05) is 19.7 Å². The molecule has 0 radical (unpaired) electrons. The summed E-state index contributed by atoms with van der Waals surface area (Å²) in [6.07, 6.45) is 1.95. The normalized spacial score (nSPS) is 22.1. The van der Waals surface area contributed by atoms with Crippen LogP contribution in [0.1, 0.15) is 36.0 Å². The molecule has 1 N–H and O–H groups in total. The minimum atomic E-state index is -0.207. The first-order chi connectivity index (χ1) is 11.8. The molecule has 24 heavy (non-hydrogen) atoms. The molecule has 0 unspecified atom stereocenters. The van der Waals surface area contributed by atoms with Crippen LogP contribution in [0.3, 0.4) is 0 Å². The van der Waals surface area contributed by atoms with Crippen LogP contribution in [0.2, 0.25) is 0 Å². The number of morpholine rings is 1. The summed E-state index contributed by atoms with van der Waals surface area (Å²) in [5.41, 5.74) is 2.07. The molecule has 1 saturated carbocycles. The summed E-state index contributed by atoms with van der Waals surface area (Å²) in [6.45, 7) is 2.29. The molecule has 4 heteroatoms. The van der Waals surface area contributed by atoms with E-state index in [9.17, 15) is 4.39 Å². The predicted molar refractivity (Wildman–Crippen MR) is 90.8 cm³/mol. The van der Waals surface area contributed by atoms with E-state index < -0.39 is 0 Å². The third-order valence-electron chi connectivity index (χ3n) is 4.67. The lowest BCUT2D eigenvalue weighted by Crippen LogP contribution is -2.43. The molecule has 0 spiro atoms. The molecule has 2 aromatic rings. The van der Waals surface area contributed by atoms with E-state index >= 15 is 0 Å². The van der Waals surface area contributed by atoms with Gasteiger partial charge in [0.15, 0.2) is 6.10 Å². The highest BCUT2D eigenvalue weighted by Gasteiger charge is 2.31. The van der Waals surface area contributed by atoms with Crippen molar-refractivity contribution in [1.29, 1.82) is 0 Å². The van der Waals surface area contributed by atoms with E-state index in [1.807, 2.05) is 18.2 Å². The van der Waals surface area contributed by atoms with Gasteiger partial charge >= 0.3 is 0 Å². The van der Waals surface area contributed by atoms with E-state index in [0.29, 0.717) is 12.5 Å². The molecule has 1 aliphatic heterocycles. The zero-order valence-electron chi connectivity index (χ0n) is 13.6. The Kier molecular flexibility index (Phi) is 4.50. The Hall–Kier alpha value is -1.91. The van der Waals surface area contributed by atoms with Crippen LogP contribution in [0.25, 0.3) is 0 Å². The first kappa shape index (κ1) is 15.6. The van der Waals surface area contributed by atoms with Crippen LogP contribution in [0.5, 0.6) is 5.75 Å². The highest BCUT2D eigenvalue weighted by atomic mass is 19.1. The van der Waals surface area contributed by atoms with Crippen LogP contribution in [0, 0.1) is 5.82 Å². The van der Waals surface area contributed by atoms with Gasteiger partial charge in [-0.1, -0.05) is 30.3 Å². The minimum Gasteiger partial charge on any atom is -0.483 e. The van der Waals surface area contributed by atoms with Gasteiger partial charge < -0.3 is 14.8 Å². The summed E-state index contributed by atoms with van der Waals surface area (Å²) in [7, 11) is 0. The van der Waals surface area contributed by atoms with E-state index in [1.54, 1.807) is 12.1 Å². The number of ether oxygens (including phenoxy) is 2. The molecule has 4 rings (SSSR count). The predicted octanol–water partition coefficient (Wildman–Crippen LogP) is 3.81. The van der Waals surface area contributed by atoms with Gasteiger partial charge in [-0.3, -0.25) is 0 Å². The van der Waals surface area contributed by atoms with E-state index in [0.717, 1.165) is 42.8 Å². The minimum absolute atomic E-state index is 0.0572. The van der Waals surface area contributed by atoms with Gasteiger partial charge in [-0.05, 0) is 42.5 Å². The van der Waals surface area contributed by atoms with Gasteiger partial charge in [-0.25, -0.2) is 4.39 Å². The molecular formula is C20H22FNO2. The number of hydrogen-bond donors (Lipinski definition) is 1. The SMILES string of the molecule is Fc1ccc(O[C@@H](c2ccccc2)[C@@H]2CNCCO2)c(C2CC2)c1. The molecule has 2 aromatic carbocycles. The molecule has 3 nitrogen and oxygen atoms in total. The van der Waals surface area contributed by atoms with E-state index in [1.165, 1.54) is 6.07 Å². The second-order valence-electron chi connectivity index (χ2n) is 6.52. The summed E-state index contributed by atoms with van der Waals surface area (Å²) in [5, 5.41) is 3.36. The van der Waals surface area contributed by atoms with Crippen LogP contribution in [0.4, 0.5) is 4.39 Å². The molecule has 126 valence electrons. The third-order valence-corrected chi connectivity index (χ3v) is 4.67. The van der Waals surface area contributed by atoms with Crippen molar-refractivity contribution in [3.63, 3.8) is 0 Å². The molecule has 0 amide bonds.